The summed E-state index contributed by atoms with van der Waals surface area (Å²) in [7, 11) is 0. The van der Waals surface area contributed by atoms with Crippen LogP contribution in [-0.4, -0.2) is 34.7 Å². The van der Waals surface area contributed by atoms with Crippen molar-refractivity contribution in [2.24, 2.45) is 9.98 Å². The molecule has 0 aromatic heterocycles. The van der Waals surface area contributed by atoms with Crippen LogP contribution in [0.5, 0.6) is 11.5 Å². The van der Waals surface area contributed by atoms with Crippen LogP contribution in [0, 0.1) is 29.2 Å². The molecule has 3 rings (SSSR count). The molecule has 2 N–H and O–H groups in total. The molecule has 0 amide bonds. The van der Waals surface area contributed by atoms with Gasteiger partial charge in [-0.3, -0.25) is 9.98 Å². The monoisotopic (exact) mass is 678 g/mol. The third-order valence-corrected chi connectivity index (χ3v) is 8.95. The molecular formula is C41H67CoN2O2-3. The minimum absolute atomic E-state index is 0. The first-order valence-electron chi connectivity index (χ1n) is 16.5. The summed E-state index contributed by atoms with van der Waals surface area (Å²) < 4.78 is 0. The van der Waals surface area contributed by atoms with E-state index in [2.05, 4.69) is 79.7 Å². The van der Waals surface area contributed by atoms with E-state index in [1.165, 1.54) is 49.7 Å². The topological polar surface area (TPSA) is 65.2 Å². The summed E-state index contributed by atoms with van der Waals surface area (Å²) in [4.78, 5) is 10.1. The first-order valence-corrected chi connectivity index (χ1v) is 16.5. The molecule has 1 aliphatic carbocycles. The fourth-order valence-electron chi connectivity index (χ4n) is 6.10. The van der Waals surface area contributed by atoms with Crippen molar-refractivity contribution >= 4 is 12.4 Å². The van der Waals surface area contributed by atoms with Gasteiger partial charge in [-0.1, -0.05) is 106 Å². The average Bonchev–Trinajstić information content (AvgIpc) is 2.92. The first-order chi connectivity index (χ1) is 19.8. The minimum atomic E-state index is -0.174. The summed E-state index contributed by atoms with van der Waals surface area (Å²) in [6.07, 6.45) is 15.2. The summed E-state index contributed by atoms with van der Waals surface area (Å²) in [6, 6.07) is 8.71. The van der Waals surface area contributed by atoms with E-state index in [1.54, 1.807) is 0 Å². The van der Waals surface area contributed by atoms with E-state index in [0.29, 0.717) is 17.4 Å². The van der Waals surface area contributed by atoms with E-state index < -0.39 is 0 Å². The van der Waals surface area contributed by atoms with E-state index >= 15 is 0 Å². The van der Waals surface area contributed by atoms with Crippen LogP contribution in [0.15, 0.2) is 34.3 Å². The first kappa shape index (κ1) is 46.0. The van der Waals surface area contributed by atoms with Crippen molar-refractivity contribution in [2.75, 3.05) is 0 Å². The third kappa shape index (κ3) is 12.5. The zero-order valence-electron chi connectivity index (χ0n) is 31.4. The molecule has 1 fully saturated rings. The summed E-state index contributed by atoms with van der Waals surface area (Å²) in [5.74, 6) is 1.19. The number of phenolic OH excluding ortho intramolecular Hbond substituents is 2. The van der Waals surface area contributed by atoms with Crippen LogP contribution in [0.1, 0.15) is 159 Å². The van der Waals surface area contributed by atoms with E-state index in [4.69, 9.17) is 9.98 Å². The standard InChI is InChI=1S/C38H58N2O2.3CH3.Co/c1-10-12-16-27(17-13-11-2)28-20-26(3)35(41)29(21-28)24-39-33-18-14-15-19-34(33)40-25-30-22-31(37(4,5)6)23-32(36(30)42)38(7,8)9;;;;/h20-25,27,33-34,41-42H,10-19H2,1-9H3;3*1H3;/q;3*-1;. The zero-order valence-corrected chi connectivity index (χ0v) is 32.4. The van der Waals surface area contributed by atoms with Crippen molar-refractivity contribution < 1.29 is 27.0 Å². The average molecular weight is 679 g/mol. The second-order valence-electron chi connectivity index (χ2n) is 14.7. The maximum Gasteiger partial charge on any atom is 0.128 e. The zero-order chi connectivity index (χ0) is 31.1. The van der Waals surface area contributed by atoms with Gasteiger partial charge in [0.1, 0.15) is 11.5 Å². The van der Waals surface area contributed by atoms with Crippen LogP contribution in [0.2, 0.25) is 0 Å². The SMILES string of the molecule is CCCCC(CCCC)c1cc(C)c(O)c(C=NC2CCCCC2N=Cc2cc(C(C)(C)C)cc(C(C)(C)C)c2O)c1.[CH3-].[CH3-].[CH3-].[Co]. The van der Waals surface area contributed by atoms with Gasteiger partial charge in [0.25, 0.3) is 0 Å². The molecule has 0 heterocycles. The summed E-state index contributed by atoms with van der Waals surface area (Å²) >= 11 is 0. The Kier molecular flexibility index (Phi) is 20.3. The van der Waals surface area contributed by atoms with Gasteiger partial charge in [0.05, 0.1) is 12.1 Å². The predicted molar refractivity (Wildman–Crippen MR) is 201 cm³/mol. The van der Waals surface area contributed by atoms with E-state index in [-0.39, 0.29) is 62.0 Å². The Morgan fingerprint density at radius 1 is 0.739 bits per heavy atom. The Bertz CT molecular complexity index is 1230. The van der Waals surface area contributed by atoms with Crippen molar-refractivity contribution in [3.63, 3.8) is 0 Å². The molecule has 0 aliphatic heterocycles. The van der Waals surface area contributed by atoms with E-state index in [0.717, 1.165) is 47.9 Å². The molecule has 2 aromatic rings. The van der Waals surface area contributed by atoms with Crippen LogP contribution >= 0.6 is 0 Å². The largest absolute Gasteiger partial charge is 0.507 e. The number of aromatic hydroxyl groups is 2. The van der Waals surface area contributed by atoms with Crippen molar-refractivity contribution in [1.82, 2.24) is 0 Å². The maximum absolute atomic E-state index is 11.2. The normalized spacial score (nSPS) is 16.9. The van der Waals surface area contributed by atoms with Gasteiger partial charge in [-0.25, -0.2) is 0 Å². The number of rotatable bonds is 11. The van der Waals surface area contributed by atoms with Crippen molar-refractivity contribution in [2.45, 2.75) is 155 Å². The number of aliphatic imine (C=N–C) groups is 2. The number of benzene rings is 2. The van der Waals surface area contributed by atoms with Gasteiger partial charge < -0.3 is 32.5 Å². The Balaban J connectivity index is 0. The number of phenols is 2. The molecule has 2 unspecified atom stereocenters. The van der Waals surface area contributed by atoms with Gasteiger partial charge in [-0.15, -0.1) is 0 Å². The molecule has 265 valence electrons. The Labute approximate surface area is 295 Å². The summed E-state index contributed by atoms with van der Waals surface area (Å²) in [6.45, 7) is 19.6. The molecule has 0 spiro atoms. The van der Waals surface area contributed by atoms with Crippen LogP contribution in [-0.2, 0) is 27.6 Å². The second-order valence-corrected chi connectivity index (χ2v) is 14.7. The van der Waals surface area contributed by atoms with Crippen molar-refractivity contribution in [1.29, 1.82) is 0 Å². The molecule has 1 aliphatic rings. The molecule has 0 saturated heterocycles. The number of hydrogen-bond acceptors (Lipinski definition) is 4. The molecule has 2 aromatic carbocycles. The second kappa shape index (κ2) is 20.3. The maximum atomic E-state index is 11.2. The van der Waals surface area contributed by atoms with Crippen LogP contribution < -0.4 is 0 Å². The van der Waals surface area contributed by atoms with Crippen molar-refractivity contribution in [3.05, 3.63) is 79.9 Å². The summed E-state index contributed by atoms with van der Waals surface area (Å²) in [5, 5.41) is 22.2. The molecule has 46 heavy (non-hydrogen) atoms. The van der Waals surface area contributed by atoms with Gasteiger partial charge in [0, 0.05) is 45.9 Å². The minimum Gasteiger partial charge on any atom is -0.507 e. The molecule has 1 saturated carbocycles. The molecule has 0 bridgehead atoms. The van der Waals surface area contributed by atoms with Gasteiger partial charge in [-0.2, -0.15) is 0 Å². The Morgan fingerprint density at radius 2 is 1.22 bits per heavy atom. The summed E-state index contributed by atoms with van der Waals surface area (Å²) in [5.41, 5.74) is 5.81. The fraction of sp³-hybridized carbons (Fsp3) is 0.585. The van der Waals surface area contributed by atoms with Crippen LogP contribution in [0.3, 0.4) is 0 Å². The van der Waals surface area contributed by atoms with Gasteiger partial charge in [0.15, 0.2) is 0 Å². The van der Waals surface area contributed by atoms with E-state index in [1.807, 2.05) is 19.4 Å². The quantitative estimate of drug-likeness (QED) is 0.183. The molecule has 5 heteroatoms. The smallest absolute Gasteiger partial charge is 0.128 e. The number of nitrogens with zero attached hydrogens (tertiary/aromatic N) is 2. The molecular weight excluding hydrogens is 611 g/mol. The van der Waals surface area contributed by atoms with E-state index in [9.17, 15) is 10.2 Å². The number of aryl methyl sites for hydroxylation is 1. The van der Waals surface area contributed by atoms with Gasteiger partial charge in [-0.05, 0) is 78.2 Å². The van der Waals surface area contributed by atoms with Crippen molar-refractivity contribution in [3.8, 4) is 11.5 Å². The predicted octanol–water partition coefficient (Wildman–Crippen LogP) is 11.7. The number of hydrogen-bond donors (Lipinski definition) is 2. The van der Waals surface area contributed by atoms with Crippen LogP contribution in [0.25, 0.3) is 0 Å². The fourth-order valence-corrected chi connectivity index (χ4v) is 6.10. The van der Waals surface area contributed by atoms with Gasteiger partial charge in [0.2, 0.25) is 0 Å². The Morgan fingerprint density at radius 3 is 1.65 bits per heavy atom. The number of unbranched alkanes of at least 4 members (excludes halogenated alkanes) is 2. The molecule has 4 nitrogen and oxygen atoms in total. The third-order valence-electron chi connectivity index (χ3n) is 8.95. The Hall–Kier alpha value is -2.11. The molecule has 2 atom stereocenters. The van der Waals surface area contributed by atoms with Gasteiger partial charge >= 0.3 is 0 Å². The molecule has 1 radical (unpaired) electrons. The van der Waals surface area contributed by atoms with Crippen LogP contribution in [0.4, 0.5) is 0 Å².